The number of hydrogen-bond acceptors (Lipinski definition) is 5. The summed E-state index contributed by atoms with van der Waals surface area (Å²) in [4.78, 5) is 31.6. The van der Waals surface area contributed by atoms with E-state index in [0.717, 1.165) is 0 Å². The first-order valence-electron chi connectivity index (χ1n) is 8.04. The van der Waals surface area contributed by atoms with Crippen molar-refractivity contribution >= 4 is 46.3 Å². The molecule has 136 valence electrons. The fraction of sp³-hybridized carbons (Fsp3) is 0.0526. The predicted octanol–water partition coefficient (Wildman–Crippen LogP) is 4.08. The minimum absolute atomic E-state index is 0.161. The Balaban J connectivity index is 1.70. The summed E-state index contributed by atoms with van der Waals surface area (Å²) in [6.45, 7) is 1.43. The predicted molar refractivity (Wildman–Crippen MR) is 105 cm³/mol. The molecule has 0 aliphatic carbocycles. The van der Waals surface area contributed by atoms with E-state index in [2.05, 4.69) is 25.9 Å². The maximum absolute atomic E-state index is 12.4. The molecule has 3 aromatic rings. The molecule has 7 nitrogen and oxygen atoms in total. The fourth-order valence-electron chi connectivity index (χ4n) is 2.29. The molecule has 0 atom stereocenters. The molecule has 0 bridgehead atoms. The van der Waals surface area contributed by atoms with Crippen LogP contribution in [0.1, 0.15) is 17.4 Å². The van der Waals surface area contributed by atoms with E-state index >= 15 is 0 Å². The maximum Gasteiger partial charge on any atom is 0.274 e. The quantitative estimate of drug-likeness (QED) is 0.618. The van der Waals surface area contributed by atoms with Crippen LogP contribution in [0.5, 0.6) is 0 Å². The number of nitrogens with one attached hydrogen (secondary N) is 3. The van der Waals surface area contributed by atoms with Crippen LogP contribution in [0.4, 0.5) is 22.9 Å². The molecule has 0 spiro atoms. The molecule has 8 heteroatoms. The van der Waals surface area contributed by atoms with Gasteiger partial charge in [0.05, 0.1) is 10.7 Å². The molecule has 0 unspecified atom stereocenters. The van der Waals surface area contributed by atoms with Crippen LogP contribution >= 0.6 is 11.6 Å². The largest absolute Gasteiger partial charge is 0.339 e. The summed E-state index contributed by atoms with van der Waals surface area (Å²) < 4.78 is 0. The van der Waals surface area contributed by atoms with Crippen molar-refractivity contribution in [1.82, 2.24) is 9.97 Å². The average Bonchev–Trinajstić information content (AvgIpc) is 2.65. The first-order valence-corrected chi connectivity index (χ1v) is 8.41. The lowest BCUT2D eigenvalue weighted by Gasteiger charge is -2.09. The molecule has 0 aliphatic rings. The SMILES string of the molecule is CC(=O)Nc1ccc(NC(=O)c2cc(Nc3ccccc3Cl)ncn2)cc1. The fourth-order valence-corrected chi connectivity index (χ4v) is 2.47. The van der Waals surface area contributed by atoms with Gasteiger partial charge in [0.2, 0.25) is 5.91 Å². The highest BCUT2D eigenvalue weighted by Gasteiger charge is 2.10. The van der Waals surface area contributed by atoms with E-state index in [9.17, 15) is 9.59 Å². The van der Waals surface area contributed by atoms with Crippen molar-refractivity contribution in [1.29, 1.82) is 0 Å². The highest BCUT2D eigenvalue weighted by Crippen LogP contribution is 2.24. The molecule has 1 heterocycles. The van der Waals surface area contributed by atoms with Crippen molar-refractivity contribution in [2.24, 2.45) is 0 Å². The molecule has 3 rings (SSSR count). The monoisotopic (exact) mass is 381 g/mol. The van der Waals surface area contributed by atoms with Crippen molar-refractivity contribution < 1.29 is 9.59 Å². The summed E-state index contributed by atoms with van der Waals surface area (Å²) in [7, 11) is 0. The lowest BCUT2D eigenvalue weighted by atomic mass is 10.2. The van der Waals surface area contributed by atoms with E-state index in [1.807, 2.05) is 12.1 Å². The topological polar surface area (TPSA) is 96.0 Å². The molecule has 0 saturated carbocycles. The first-order chi connectivity index (χ1) is 13.0. The number of rotatable bonds is 5. The van der Waals surface area contributed by atoms with Gasteiger partial charge in [0.15, 0.2) is 0 Å². The van der Waals surface area contributed by atoms with Crippen LogP contribution in [0.2, 0.25) is 5.02 Å². The van der Waals surface area contributed by atoms with Crippen molar-refractivity contribution in [2.75, 3.05) is 16.0 Å². The minimum atomic E-state index is -0.383. The molecule has 0 radical (unpaired) electrons. The molecule has 2 aromatic carbocycles. The summed E-state index contributed by atoms with van der Waals surface area (Å²) in [6, 6.07) is 15.5. The Bertz CT molecular complexity index is 976. The summed E-state index contributed by atoms with van der Waals surface area (Å²) in [5, 5.41) is 9.00. The van der Waals surface area contributed by atoms with E-state index in [4.69, 9.17) is 11.6 Å². The normalized spacial score (nSPS) is 10.1. The van der Waals surface area contributed by atoms with Crippen molar-refractivity contribution in [3.63, 3.8) is 0 Å². The summed E-state index contributed by atoms with van der Waals surface area (Å²) >= 11 is 6.12. The number of aromatic nitrogens is 2. The summed E-state index contributed by atoms with van der Waals surface area (Å²) in [6.07, 6.45) is 1.30. The number of hydrogen-bond donors (Lipinski definition) is 3. The lowest BCUT2D eigenvalue weighted by Crippen LogP contribution is -2.14. The van der Waals surface area contributed by atoms with Gasteiger partial charge < -0.3 is 16.0 Å². The standard InChI is InChI=1S/C19H16ClN5O2/c1-12(26)23-13-6-8-14(9-7-13)24-19(27)17-10-18(22-11-21-17)25-16-5-3-2-4-15(16)20/h2-11H,1H3,(H,23,26)(H,24,27)(H,21,22,25). The van der Waals surface area contributed by atoms with Gasteiger partial charge in [-0.1, -0.05) is 23.7 Å². The Labute approximate surface area is 160 Å². The van der Waals surface area contributed by atoms with Crippen LogP contribution in [-0.4, -0.2) is 21.8 Å². The molecule has 3 N–H and O–H groups in total. The average molecular weight is 382 g/mol. The molecule has 0 aliphatic heterocycles. The van der Waals surface area contributed by atoms with Crippen LogP contribution in [0.15, 0.2) is 60.9 Å². The Hall–Kier alpha value is -3.45. The number of para-hydroxylation sites is 1. The first kappa shape index (κ1) is 18.3. The van der Waals surface area contributed by atoms with Gasteiger partial charge in [-0.05, 0) is 36.4 Å². The third-order valence-electron chi connectivity index (χ3n) is 3.50. The van der Waals surface area contributed by atoms with Gasteiger partial charge in [0.25, 0.3) is 5.91 Å². The lowest BCUT2D eigenvalue weighted by molar-refractivity contribution is -0.114. The Morgan fingerprint density at radius 1 is 0.926 bits per heavy atom. The number of benzene rings is 2. The summed E-state index contributed by atoms with van der Waals surface area (Å²) in [5.41, 5.74) is 2.10. The Morgan fingerprint density at radius 3 is 2.26 bits per heavy atom. The van der Waals surface area contributed by atoms with E-state index in [-0.39, 0.29) is 17.5 Å². The van der Waals surface area contributed by atoms with E-state index in [1.165, 1.54) is 19.3 Å². The van der Waals surface area contributed by atoms with Crippen molar-refractivity contribution in [3.8, 4) is 0 Å². The van der Waals surface area contributed by atoms with Gasteiger partial charge in [0.1, 0.15) is 17.8 Å². The molecular weight excluding hydrogens is 366 g/mol. The zero-order chi connectivity index (χ0) is 19.2. The number of carbonyl (C=O) groups excluding carboxylic acids is 2. The van der Waals surface area contributed by atoms with Gasteiger partial charge >= 0.3 is 0 Å². The third-order valence-corrected chi connectivity index (χ3v) is 3.83. The maximum atomic E-state index is 12.4. The zero-order valence-electron chi connectivity index (χ0n) is 14.4. The van der Waals surface area contributed by atoms with Crippen LogP contribution in [-0.2, 0) is 4.79 Å². The second kappa shape index (κ2) is 8.29. The minimum Gasteiger partial charge on any atom is -0.339 e. The van der Waals surface area contributed by atoms with E-state index < -0.39 is 0 Å². The number of anilines is 4. The van der Waals surface area contributed by atoms with Crippen LogP contribution in [0.3, 0.4) is 0 Å². The molecule has 0 saturated heterocycles. The van der Waals surface area contributed by atoms with Crippen LogP contribution < -0.4 is 16.0 Å². The van der Waals surface area contributed by atoms with Gasteiger partial charge in [-0.3, -0.25) is 9.59 Å². The molecular formula is C19H16ClN5O2. The zero-order valence-corrected chi connectivity index (χ0v) is 15.1. The van der Waals surface area contributed by atoms with Crippen LogP contribution in [0, 0.1) is 0 Å². The second-order valence-corrected chi connectivity index (χ2v) is 6.01. The van der Waals surface area contributed by atoms with Gasteiger partial charge in [-0.15, -0.1) is 0 Å². The van der Waals surface area contributed by atoms with Crippen molar-refractivity contribution in [2.45, 2.75) is 6.92 Å². The molecule has 2 amide bonds. The number of amides is 2. The summed E-state index contributed by atoms with van der Waals surface area (Å²) in [5.74, 6) is -0.0949. The second-order valence-electron chi connectivity index (χ2n) is 5.61. The number of nitrogens with zero attached hydrogens (tertiary/aromatic N) is 2. The van der Waals surface area contributed by atoms with Crippen molar-refractivity contribution in [3.05, 3.63) is 71.6 Å². The smallest absolute Gasteiger partial charge is 0.274 e. The van der Waals surface area contributed by atoms with E-state index in [1.54, 1.807) is 36.4 Å². The Morgan fingerprint density at radius 2 is 1.59 bits per heavy atom. The van der Waals surface area contributed by atoms with Gasteiger partial charge in [-0.25, -0.2) is 9.97 Å². The molecule has 27 heavy (non-hydrogen) atoms. The highest BCUT2D eigenvalue weighted by molar-refractivity contribution is 6.33. The van der Waals surface area contributed by atoms with Gasteiger partial charge in [0, 0.05) is 24.4 Å². The molecule has 1 aromatic heterocycles. The number of carbonyl (C=O) groups is 2. The highest BCUT2D eigenvalue weighted by atomic mass is 35.5. The van der Waals surface area contributed by atoms with E-state index in [0.29, 0.717) is 27.9 Å². The molecule has 0 fully saturated rings. The van der Waals surface area contributed by atoms with Crippen LogP contribution in [0.25, 0.3) is 0 Å². The van der Waals surface area contributed by atoms with Gasteiger partial charge in [-0.2, -0.15) is 0 Å². The number of halogens is 1. The Kier molecular flexibility index (Phi) is 5.63. The third kappa shape index (κ3) is 5.02.